The van der Waals surface area contributed by atoms with E-state index in [0.29, 0.717) is 5.75 Å². The molecule has 3 rings (SSSR count). The molecule has 0 saturated carbocycles. The lowest BCUT2D eigenvalue weighted by Crippen LogP contribution is -2.07. The fraction of sp³-hybridized carbons (Fsp3) is 0.118. The lowest BCUT2D eigenvalue weighted by Gasteiger charge is -2.09. The number of rotatable bonds is 4. The van der Waals surface area contributed by atoms with E-state index in [1.54, 1.807) is 0 Å². The molecule has 0 aliphatic rings. The molecule has 1 heterocycles. The second-order valence-electron chi connectivity index (χ2n) is 5.34. The standard InChI is InChI=1S/C17H14O8S/c1-23-10-6-12(18)16-14(7-10)25-8-11(17(16)19)9-3-4-13(24-2)15(5-9)26(20,21)22/h3-8,18H,1-2H3,(H,20,21,22). The first kappa shape index (κ1) is 17.8. The third kappa shape index (κ3) is 2.98. The molecule has 136 valence electrons. The van der Waals surface area contributed by atoms with Crippen molar-refractivity contribution in [3.05, 3.63) is 46.8 Å². The molecule has 26 heavy (non-hydrogen) atoms. The van der Waals surface area contributed by atoms with Gasteiger partial charge in [-0.05, 0) is 17.7 Å². The Kier molecular flexibility index (Phi) is 4.34. The van der Waals surface area contributed by atoms with Crippen LogP contribution in [-0.4, -0.2) is 32.3 Å². The van der Waals surface area contributed by atoms with Gasteiger partial charge < -0.3 is 19.0 Å². The second-order valence-corrected chi connectivity index (χ2v) is 6.73. The van der Waals surface area contributed by atoms with E-state index in [1.165, 1.54) is 38.5 Å². The largest absolute Gasteiger partial charge is 0.507 e. The van der Waals surface area contributed by atoms with E-state index in [1.807, 2.05) is 0 Å². The smallest absolute Gasteiger partial charge is 0.298 e. The monoisotopic (exact) mass is 378 g/mol. The van der Waals surface area contributed by atoms with E-state index in [9.17, 15) is 22.9 Å². The summed E-state index contributed by atoms with van der Waals surface area (Å²) in [5.74, 6) is -0.100. The first-order valence-electron chi connectivity index (χ1n) is 7.24. The lowest BCUT2D eigenvalue weighted by atomic mass is 10.0. The summed E-state index contributed by atoms with van der Waals surface area (Å²) in [6, 6.07) is 6.54. The molecule has 8 nitrogen and oxygen atoms in total. The number of hydrogen-bond acceptors (Lipinski definition) is 7. The highest BCUT2D eigenvalue weighted by molar-refractivity contribution is 7.86. The Labute approximate surface area is 148 Å². The summed E-state index contributed by atoms with van der Waals surface area (Å²) in [5, 5.41) is 10.0. The van der Waals surface area contributed by atoms with Crippen LogP contribution < -0.4 is 14.9 Å². The first-order chi connectivity index (χ1) is 12.3. The third-order valence-electron chi connectivity index (χ3n) is 3.82. The zero-order valence-electron chi connectivity index (χ0n) is 13.7. The predicted molar refractivity (Wildman–Crippen MR) is 92.5 cm³/mol. The number of ether oxygens (including phenoxy) is 2. The Balaban J connectivity index is 2.29. The van der Waals surface area contributed by atoms with Crippen molar-refractivity contribution < 1.29 is 32.0 Å². The van der Waals surface area contributed by atoms with Crippen LogP contribution in [0.5, 0.6) is 17.2 Å². The van der Waals surface area contributed by atoms with E-state index in [0.717, 1.165) is 12.3 Å². The number of hydrogen-bond donors (Lipinski definition) is 2. The topological polar surface area (TPSA) is 123 Å². The summed E-state index contributed by atoms with van der Waals surface area (Å²) in [4.78, 5) is 12.3. The van der Waals surface area contributed by atoms with Crippen molar-refractivity contribution in [1.82, 2.24) is 0 Å². The molecule has 2 N–H and O–H groups in total. The minimum absolute atomic E-state index is 0.00511. The van der Waals surface area contributed by atoms with Gasteiger partial charge in [0.05, 0.1) is 19.8 Å². The average Bonchev–Trinajstić information content (AvgIpc) is 2.60. The Morgan fingerprint density at radius 2 is 1.81 bits per heavy atom. The summed E-state index contributed by atoms with van der Waals surface area (Å²) in [7, 11) is -1.92. The molecule has 0 radical (unpaired) electrons. The molecule has 1 aromatic heterocycles. The van der Waals surface area contributed by atoms with Crippen molar-refractivity contribution in [3.63, 3.8) is 0 Å². The molecule has 0 spiro atoms. The Bertz CT molecular complexity index is 1160. The van der Waals surface area contributed by atoms with E-state index in [4.69, 9.17) is 13.9 Å². The van der Waals surface area contributed by atoms with Gasteiger partial charge in [-0.15, -0.1) is 0 Å². The number of phenols is 1. The molecule has 0 bridgehead atoms. The second kappa shape index (κ2) is 6.36. The van der Waals surface area contributed by atoms with Gasteiger partial charge in [0.15, 0.2) is 0 Å². The summed E-state index contributed by atoms with van der Waals surface area (Å²) < 4.78 is 47.7. The van der Waals surface area contributed by atoms with Crippen molar-refractivity contribution in [2.75, 3.05) is 14.2 Å². The number of methoxy groups -OCH3 is 2. The van der Waals surface area contributed by atoms with Crippen LogP contribution in [0.15, 0.2) is 50.7 Å². The van der Waals surface area contributed by atoms with Crippen LogP contribution in [0.4, 0.5) is 0 Å². The summed E-state index contributed by atoms with van der Waals surface area (Å²) >= 11 is 0. The Morgan fingerprint density at radius 1 is 1.08 bits per heavy atom. The fourth-order valence-electron chi connectivity index (χ4n) is 2.57. The quantitative estimate of drug-likeness (QED) is 0.664. The molecule has 9 heteroatoms. The highest BCUT2D eigenvalue weighted by atomic mass is 32.2. The van der Waals surface area contributed by atoms with E-state index >= 15 is 0 Å². The molecule has 0 amide bonds. The van der Waals surface area contributed by atoms with Gasteiger partial charge in [0.2, 0.25) is 5.43 Å². The van der Waals surface area contributed by atoms with Crippen molar-refractivity contribution >= 4 is 21.1 Å². The minimum Gasteiger partial charge on any atom is -0.507 e. The maximum atomic E-state index is 12.8. The summed E-state index contributed by atoms with van der Waals surface area (Å²) in [5.41, 5.74) is -0.285. The number of phenolic OH excluding ortho intramolecular Hbond substituents is 1. The maximum absolute atomic E-state index is 12.8. The molecule has 0 aliphatic heterocycles. The van der Waals surface area contributed by atoms with Crippen LogP contribution in [0, 0.1) is 0 Å². The van der Waals surface area contributed by atoms with Crippen LogP contribution >= 0.6 is 0 Å². The van der Waals surface area contributed by atoms with E-state index in [2.05, 4.69) is 0 Å². The van der Waals surface area contributed by atoms with Crippen molar-refractivity contribution in [2.45, 2.75) is 4.90 Å². The van der Waals surface area contributed by atoms with Crippen molar-refractivity contribution in [1.29, 1.82) is 0 Å². The van der Waals surface area contributed by atoms with Gasteiger partial charge in [0, 0.05) is 12.1 Å². The number of fused-ring (bicyclic) bond motifs is 1. The zero-order chi connectivity index (χ0) is 19.1. The van der Waals surface area contributed by atoms with Gasteiger partial charge in [-0.3, -0.25) is 9.35 Å². The summed E-state index contributed by atoms with van der Waals surface area (Å²) in [6.45, 7) is 0. The zero-order valence-corrected chi connectivity index (χ0v) is 14.5. The Hall–Kier alpha value is -3.04. The molecule has 0 atom stereocenters. The molecule has 0 fully saturated rings. The van der Waals surface area contributed by atoms with E-state index in [-0.39, 0.29) is 33.6 Å². The van der Waals surface area contributed by atoms with Gasteiger partial charge in [-0.1, -0.05) is 6.07 Å². The van der Waals surface area contributed by atoms with Gasteiger partial charge in [-0.25, -0.2) is 0 Å². The maximum Gasteiger partial charge on any atom is 0.298 e. The molecule has 0 saturated heterocycles. The molecule has 3 aromatic rings. The molecule has 0 unspecified atom stereocenters. The average molecular weight is 378 g/mol. The van der Waals surface area contributed by atoms with Crippen molar-refractivity contribution in [2.24, 2.45) is 0 Å². The van der Waals surface area contributed by atoms with Gasteiger partial charge in [0.1, 0.15) is 39.4 Å². The van der Waals surface area contributed by atoms with E-state index < -0.39 is 20.4 Å². The highest BCUT2D eigenvalue weighted by Crippen LogP contribution is 2.32. The van der Waals surface area contributed by atoms with Crippen LogP contribution in [-0.2, 0) is 10.1 Å². The van der Waals surface area contributed by atoms with Gasteiger partial charge in [0.25, 0.3) is 10.1 Å². The van der Waals surface area contributed by atoms with Gasteiger partial charge >= 0.3 is 0 Å². The number of aromatic hydroxyl groups is 1. The third-order valence-corrected chi connectivity index (χ3v) is 4.69. The highest BCUT2D eigenvalue weighted by Gasteiger charge is 2.20. The molecule has 2 aromatic carbocycles. The SMILES string of the molecule is COc1cc(O)c2c(=O)c(-c3ccc(OC)c(S(=O)(=O)O)c3)coc2c1. The predicted octanol–water partition coefficient (Wildman–Crippen LogP) is 2.43. The van der Waals surface area contributed by atoms with Gasteiger partial charge in [-0.2, -0.15) is 8.42 Å². The molecule has 0 aliphatic carbocycles. The van der Waals surface area contributed by atoms with Crippen LogP contribution in [0.1, 0.15) is 0 Å². The fourth-order valence-corrected chi connectivity index (χ4v) is 3.25. The van der Waals surface area contributed by atoms with Crippen LogP contribution in [0.2, 0.25) is 0 Å². The first-order valence-corrected chi connectivity index (χ1v) is 8.68. The van der Waals surface area contributed by atoms with Crippen molar-refractivity contribution in [3.8, 4) is 28.4 Å². The minimum atomic E-state index is -4.57. The molecular formula is C17H14O8S. The summed E-state index contributed by atoms with van der Waals surface area (Å²) in [6.07, 6.45) is 1.14. The van der Waals surface area contributed by atoms with Crippen LogP contribution in [0.25, 0.3) is 22.1 Å². The normalized spacial score (nSPS) is 11.5. The lowest BCUT2D eigenvalue weighted by molar-refractivity contribution is 0.397. The Morgan fingerprint density at radius 3 is 2.42 bits per heavy atom. The van der Waals surface area contributed by atoms with Crippen LogP contribution in [0.3, 0.4) is 0 Å². The molecular weight excluding hydrogens is 364 g/mol. The number of benzene rings is 2.